The van der Waals surface area contributed by atoms with Gasteiger partial charge in [-0.25, -0.2) is 5.01 Å². The molecule has 3 aromatic carbocycles. The van der Waals surface area contributed by atoms with Crippen LogP contribution in [0, 0.1) is 0 Å². The lowest BCUT2D eigenvalue weighted by molar-refractivity contribution is -0.133. The molecule has 0 aromatic heterocycles. The highest BCUT2D eigenvalue weighted by atomic mass is 16.5. The van der Waals surface area contributed by atoms with Crippen LogP contribution >= 0.6 is 0 Å². The van der Waals surface area contributed by atoms with Crippen molar-refractivity contribution in [1.29, 1.82) is 0 Å². The Balaban J connectivity index is 1.44. The van der Waals surface area contributed by atoms with Gasteiger partial charge >= 0.3 is 0 Å². The second kappa shape index (κ2) is 14.9. The smallest absolute Gasteiger partial charge is 0.262 e. The standard InChI is InChI=1S/C34H40N4O7/c1-41-27-10-5-24(6-11-27)29-22-30(26-9-14-31(43-3)32(21-26)44-4)38(35-29)33(39)23-37(16-15-36-17-19-45-20-18-36)34(40)25-7-12-28(42-2)13-8-25/h5-14,21,30H,15-20,22-23H2,1-4H3/t30-/m0/s1. The molecule has 0 radical (unpaired) electrons. The van der Waals surface area contributed by atoms with Crippen molar-refractivity contribution in [2.45, 2.75) is 12.5 Å². The van der Waals surface area contributed by atoms with Crippen molar-refractivity contribution in [3.63, 3.8) is 0 Å². The maximum absolute atomic E-state index is 14.2. The summed E-state index contributed by atoms with van der Waals surface area (Å²) >= 11 is 0. The molecule has 45 heavy (non-hydrogen) atoms. The van der Waals surface area contributed by atoms with Crippen LogP contribution in [0.3, 0.4) is 0 Å². The fourth-order valence-electron chi connectivity index (χ4n) is 5.51. The number of ether oxygens (including phenoxy) is 5. The predicted molar refractivity (Wildman–Crippen MR) is 169 cm³/mol. The number of morpholine rings is 1. The van der Waals surface area contributed by atoms with E-state index in [1.165, 1.54) is 5.01 Å². The third kappa shape index (κ3) is 7.55. The van der Waals surface area contributed by atoms with Crippen molar-refractivity contribution in [3.8, 4) is 23.0 Å². The van der Waals surface area contributed by atoms with E-state index in [1.807, 2.05) is 42.5 Å². The maximum atomic E-state index is 14.2. The van der Waals surface area contributed by atoms with Crippen LogP contribution in [0.2, 0.25) is 0 Å². The topological polar surface area (TPSA) is 102 Å². The molecule has 0 bridgehead atoms. The Kier molecular flexibility index (Phi) is 10.5. The zero-order valence-electron chi connectivity index (χ0n) is 26.2. The minimum Gasteiger partial charge on any atom is -0.497 e. The lowest BCUT2D eigenvalue weighted by Gasteiger charge is -2.31. The van der Waals surface area contributed by atoms with Crippen molar-refractivity contribution in [2.75, 3.05) is 74.4 Å². The Morgan fingerprint density at radius 1 is 0.844 bits per heavy atom. The summed E-state index contributed by atoms with van der Waals surface area (Å²) in [6.45, 7) is 3.71. The molecule has 238 valence electrons. The Morgan fingerprint density at radius 3 is 2.11 bits per heavy atom. The molecule has 0 unspecified atom stereocenters. The normalized spacial score (nSPS) is 16.6. The fourth-order valence-corrected chi connectivity index (χ4v) is 5.51. The lowest BCUT2D eigenvalue weighted by Crippen LogP contribution is -2.46. The van der Waals surface area contributed by atoms with Gasteiger partial charge in [0.15, 0.2) is 11.5 Å². The first-order valence-electron chi connectivity index (χ1n) is 14.9. The van der Waals surface area contributed by atoms with Crippen LogP contribution < -0.4 is 18.9 Å². The first-order chi connectivity index (χ1) is 21.9. The zero-order valence-corrected chi connectivity index (χ0v) is 26.2. The van der Waals surface area contributed by atoms with Gasteiger partial charge in [-0.1, -0.05) is 6.07 Å². The molecule has 1 atom stereocenters. The van der Waals surface area contributed by atoms with E-state index in [-0.39, 0.29) is 18.4 Å². The van der Waals surface area contributed by atoms with Crippen LogP contribution in [0.1, 0.15) is 33.9 Å². The first-order valence-corrected chi connectivity index (χ1v) is 14.9. The SMILES string of the molecule is COc1ccc(C(=O)N(CCN2CCOCC2)CC(=O)N2N=C(c3ccc(OC)cc3)C[C@H]2c2ccc(OC)c(OC)c2)cc1. The highest BCUT2D eigenvalue weighted by molar-refractivity contribution is 6.04. The number of hydrogen-bond acceptors (Lipinski definition) is 9. The number of amides is 2. The number of hydrogen-bond donors (Lipinski definition) is 0. The lowest BCUT2D eigenvalue weighted by atomic mass is 9.98. The molecule has 2 amide bonds. The van der Waals surface area contributed by atoms with Gasteiger partial charge in [0, 0.05) is 38.2 Å². The Bertz CT molecular complexity index is 1490. The van der Waals surface area contributed by atoms with Crippen LogP contribution in [-0.4, -0.2) is 107 Å². The molecular formula is C34H40N4O7. The summed E-state index contributed by atoms with van der Waals surface area (Å²) in [5.74, 6) is 2.00. The number of hydrazone groups is 1. The van der Waals surface area contributed by atoms with E-state index in [2.05, 4.69) is 4.90 Å². The van der Waals surface area contributed by atoms with Gasteiger partial charge in [0.05, 0.1) is 53.4 Å². The molecule has 2 heterocycles. The highest BCUT2D eigenvalue weighted by Crippen LogP contribution is 2.37. The maximum Gasteiger partial charge on any atom is 0.262 e. The molecule has 0 spiro atoms. The minimum atomic E-state index is -0.411. The summed E-state index contributed by atoms with van der Waals surface area (Å²) in [7, 11) is 6.36. The van der Waals surface area contributed by atoms with E-state index in [0.717, 1.165) is 35.7 Å². The molecule has 0 saturated carbocycles. The van der Waals surface area contributed by atoms with Gasteiger partial charge < -0.3 is 28.6 Å². The molecule has 11 nitrogen and oxygen atoms in total. The summed E-state index contributed by atoms with van der Waals surface area (Å²) in [5, 5.41) is 6.34. The van der Waals surface area contributed by atoms with Gasteiger partial charge in [0.2, 0.25) is 0 Å². The van der Waals surface area contributed by atoms with E-state index in [9.17, 15) is 9.59 Å². The van der Waals surface area contributed by atoms with Crippen LogP contribution in [0.4, 0.5) is 0 Å². The number of carbonyl (C=O) groups excluding carboxylic acids is 2. The molecular weight excluding hydrogens is 576 g/mol. The molecule has 5 rings (SSSR count). The molecule has 3 aromatic rings. The minimum absolute atomic E-state index is 0.140. The number of benzene rings is 3. The van der Waals surface area contributed by atoms with Crippen molar-refractivity contribution >= 4 is 17.5 Å². The van der Waals surface area contributed by atoms with Gasteiger partial charge in [0.25, 0.3) is 11.8 Å². The molecule has 0 N–H and O–H groups in total. The summed E-state index contributed by atoms with van der Waals surface area (Å²) in [6.07, 6.45) is 0.480. The van der Waals surface area contributed by atoms with Gasteiger partial charge in [-0.2, -0.15) is 5.10 Å². The molecule has 1 saturated heterocycles. The van der Waals surface area contributed by atoms with Crippen LogP contribution in [0.15, 0.2) is 71.8 Å². The quantitative estimate of drug-likeness (QED) is 0.302. The molecule has 11 heteroatoms. The van der Waals surface area contributed by atoms with E-state index >= 15 is 0 Å². The van der Waals surface area contributed by atoms with E-state index in [0.29, 0.717) is 55.5 Å². The second-order valence-corrected chi connectivity index (χ2v) is 10.8. The average Bonchev–Trinajstić information content (AvgIpc) is 3.55. The van der Waals surface area contributed by atoms with Crippen LogP contribution in [0.25, 0.3) is 0 Å². The van der Waals surface area contributed by atoms with Gasteiger partial charge in [-0.15, -0.1) is 0 Å². The molecule has 2 aliphatic rings. The van der Waals surface area contributed by atoms with E-state index in [4.69, 9.17) is 28.8 Å². The van der Waals surface area contributed by atoms with E-state index in [1.54, 1.807) is 57.6 Å². The summed E-state index contributed by atoms with van der Waals surface area (Å²) < 4.78 is 27.1. The number of rotatable bonds is 12. The average molecular weight is 617 g/mol. The van der Waals surface area contributed by atoms with Crippen LogP contribution in [-0.2, 0) is 9.53 Å². The number of methoxy groups -OCH3 is 4. The molecule has 1 fully saturated rings. The van der Waals surface area contributed by atoms with Crippen molar-refractivity contribution in [1.82, 2.24) is 14.8 Å². The fraction of sp³-hybridized carbons (Fsp3) is 0.382. The first kappa shape index (κ1) is 31.8. The van der Waals surface area contributed by atoms with Crippen LogP contribution in [0.5, 0.6) is 23.0 Å². The number of carbonyl (C=O) groups is 2. The van der Waals surface area contributed by atoms with Crippen molar-refractivity contribution in [3.05, 3.63) is 83.4 Å². The summed E-state index contributed by atoms with van der Waals surface area (Å²) in [4.78, 5) is 31.8. The second-order valence-electron chi connectivity index (χ2n) is 10.8. The monoisotopic (exact) mass is 616 g/mol. The van der Waals surface area contributed by atoms with Gasteiger partial charge in [-0.3, -0.25) is 14.5 Å². The highest BCUT2D eigenvalue weighted by Gasteiger charge is 2.35. The molecule has 2 aliphatic heterocycles. The molecule has 0 aliphatic carbocycles. The largest absolute Gasteiger partial charge is 0.497 e. The Morgan fingerprint density at radius 2 is 1.49 bits per heavy atom. The van der Waals surface area contributed by atoms with Crippen molar-refractivity contribution in [2.24, 2.45) is 5.10 Å². The third-order valence-corrected chi connectivity index (χ3v) is 8.12. The third-order valence-electron chi connectivity index (χ3n) is 8.12. The van der Waals surface area contributed by atoms with Crippen molar-refractivity contribution < 1.29 is 33.3 Å². The van der Waals surface area contributed by atoms with Gasteiger partial charge in [0.1, 0.15) is 18.0 Å². The zero-order chi connectivity index (χ0) is 31.8. The predicted octanol–water partition coefficient (Wildman–Crippen LogP) is 3.87. The Labute approximate surface area is 263 Å². The Hall–Kier alpha value is -4.61. The van der Waals surface area contributed by atoms with Gasteiger partial charge in [-0.05, 0) is 71.8 Å². The van der Waals surface area contributed by atoms with E-state index < -0.39 is 6.04 Å². The number of nitrogens with zero attached hydrogens (tertiary/aromatic N) is 4. The summed E-state index contributed by atoms with van der Waals surface area (Å²) in [5.41, 5.74) is 2.96. The summed E-state index contributed by atoms with van der Waals surface area (Å²) in [6, 6.07) is 19.7.